The van der Waals surface area contributed by atoms with Crippen LogP contribution in [0.25, 0.3) is 0 Å². The maximum atomic E-state index is 9.88. The van der Waals surface area contributed by atoms with Crippen LogP contribution in [0, 0.1) is 0 Å². The van der Waals surface area contributed by atoms with Crippen molar-refractivity contribution in [1.29, 1.82) is 0 Å². The molecule has 0 aliphatic carbocycles. The lowest BCUT2D eigenvalue weighted by molar-refractivity contribution is 0.110. The molecule has 1 saturated heterocycles. The summed E-state index contributed by atoms with van der Waals surface area (Å²) in [6.45, 7) is 0.999. The van der Waals surface area contributed by atoms with Gasteiger partial charge in [-0.1, -0.05) is 10.9 Å². The van der Waals surface area contributed by atoms with Crippen molar-refractivity contribution in [3.05, 3.63) is 11.1 Å². The van der Waals surface area contributed by atoms with Crippen LogP contribution >= 0.6 is 11.5 Å². The molecule has 1 aromatic rings. The van der Waals surface area contributed by atoms with E-state index in [9.17, 15) is 5.11 Å². The molecule has 2 rings (SSSR count). The lowest BCUT2D eigenvalue weighted by Gasteiger charge is -2.26. The highest BCUT2D eigenvalue weighted by Crippen LogP contribution is 2.21. The first kappa shape index (κ1) is 9.05. The first-order chi connectivity index (χ1) is 6.38. The maximum Gasteiger partial charge on any atom is 0.114 e. The number of hydrogen-bond acceptors (Lipinski definition) is 5. The molecule has 2 N–H and O–H groups in total. The molecule has 0 bridgehead atoms. The van der Waals surface area contributed by atoms with Crippen molar-refractivity contribution in [2.45, 2.75) is 31.4 Å². The van der Waals surface area contributed by atoms with E-state index in [0.29, 0.717) is 5.69 Å². The number of nitrogens with one attached hydrogen (secondary N) is 1. The van der Waals surface area contributed by atoms with Gasteiger partial charge in [-0.25, -0.2) is 0 Å². The number of nitrogens with zero attached hydrogens (tertiary/aromatic N) is 2. The lowest BCUT2D eigenvalue weighted by Crippen LogP contribution is -2.38. The van der Waals surface area contributed by atoms with Crippen molar-refractivity contribution in [3.8, 4) is 0 Å². The van der Waals surface area contributed by atoms with E-state index in [4.69, 9.17) is 0 Å². The zero-order valence-corrected chi connectivity index (χ0v) is 8.13. The molecule has 0 spiro atoms. The Balaban J connectivity index is 1.99. The molecule has 0 saturated carbocycles. The van der Waals surface area contributed by atoms with Gasteiger partial charge in [0.1, 0.15) is 11.8 Å². The fourth-order valence-corrected chi connectivity index (χ4v) is 2.14. The summed E-state index contributed by atoms with van der Waals surface area (Å²) in [5.41, 5.74) is 0.699. The third-order valence-electron chi connectivity index (χ3n) is 2.41. The van der Waals surface area contributed by atoms with Gasteiger partial charge < -0.3 is 10.4 Å². The normalized spacial score (nSPS) is 25.8. The van der Waals surface area contributed by atoms with Gasteiger partial charge >= 0.3 is 0 Å². The largest absolute Gasteiger partial charge is 0.385 e. The highest BCUT2D eigenvalue weighted by Gasteiger charge is 2.24. The molecule has 1 aliphatic heterocycles. The minimum absolute atomic E-state index is 0.164. The molecule has 0 amide bonds. The zero-order chi connectivity index (χ0) is 9.10. The molecule has 2 atom stereocenters. The van der Waals surface area contributed by atoms with E-state index < -0.39 is 6.10 Å². The third kappa shape index (κ3) is 2.04. The van der Waals surface area contributed by atoms with Crippen LogP contribution in [-0.4, -0.2) is 27.3 Å². The van der Waals surface area contributed by atoms with Crippen LogP contribution in [-0.2, 0) is 0 Å². The van der Waals surface area contributed by atoms with Gasteiger partial charge in [-0.3, -0.25) is 0 Å². The molecular formula is C8H13N3OS. The van der Waals surface area contributed by atoms with Gasteiger partial charge in [0.15, 0.2) is 0 Å². The molecule has 1 fully saturated rings. The molecule has 4 nitrogen and oxygen atoms in total. The van der Waals surface area contributed by atoms with Gasteiger partial charge in [0.2, 0.25) is 0 Å². The Morgan fingerprint density at radius 1 is 1.62 bits per heavy atom. The predicted octanol–water partition coefficient (Wildman–Crippen LogP) is 0.714. The van der Waals surface area contributed by atoms with Crippen LogP contribution in [0.3, 0.4) is 0 Å². The molecule has 1 aliphatic rings. The van der Waals surface area contributed by atoms with Crippen molar-refractivity contribution in [3.63, 3.8) is 0 Å². The number of rotatable bonds is 2. The second kappa shape index (κ2) is 4.13. The molecule has 72 valence electrons. The molecule has 0 radical (unpaired) electrons. The van der Waals surface area contributed by atoms with E-state index in [1.807, 2.05) is 0 Å². The number of piperidine rings is 1. The number of aliphatic hydroxyl groups is 1. The SMILES string of the molecule is OC(c1csnn1)C1CCCCN1. The molecular weight excluding hydrogens is 186 g/mol. The predicted molar refractivity (Wildman–Crippen MR) is 50.5 cm³/mol. The number of aromatic nitrogens is 2. The Kier molecular flexibility index (Phi) is 2.87. The van der Waals surface area contributed by atoms with Crippen molar-refractivity contribution in [1.82, 2.24) is 14.9 Å². The Labute approximate surface area is 81.1 Å². The standard InChI is InChI=1S/C8H13N3OS/c12-8(7-5-13-11-10-7)6-3-1-2-4-9-6/h5-6,8-9,12H,1-4H2. The van der Waals surface area contributed by atoms with Crippen molar-refractivity contribution < 1.29 is 5.11 Å². The van der Waals surface area contributed by atoms with E-state index in [0.717, 1.165) is 13.0 Å². The van der Waals surface area contributed by atoms with Crippen molar-refractivity contribution in [2.24, 2.45) is 0 Å². The second-order valence-electron chi connectivity index (χ2n) is 3.33. The van der Waals surface area contributed by atoms with Crippen molar-refractivity contribution in [2.75, 3.05) is 6.54 Å². The van der Waals surface area contributed by atoms with Crippen LogP contribution in [0.2, 0.25) is 0 Å². The lowest BCUT2D eigenvalue weighted by atomic mass is 9.98. The number of aliphatic hydroxyl groups excluding tert-OH is 1. The smallest absolute Gasteiger partial charge is 0.114 e. The fourth-order valence-electron chi connectivity index (χ4n) is 1.66. The van der Waals surface area contributed by atoms with Crippen LogP contribution in [0.1, 0.15) is 31.1 Å². The first-order valence-corrected chi connectivity index (χ1v) is 5.40. The first-order valence-electron chi connectivity index (χ1n) is 4.56. The van der Waals surface area contributed by atoms with Gasteiger partial charge in [-0.05, 0) is 30.9 Å². The van der Waals surface area contributed by atoms with Gasteiger partial charge in [0.25, 0.3) is 0 Å². The van der Waals surface area contributed by atoms with Gasteiger partial charge in [0, 0.05) is 11.4 Å². The molecule has 13 heavy (non-hydrogen) atoms. The third-order valence-corrected chi connectivity index (χ3v) is 2.93. The topological polar surface area (TPSA) is 58.0 Å². The molecule has 2 unspecified atom stereocenters. The van der Waals surface area contributed by atoms with Crippen LogP contribution in [0.15, 0.2) is 5.38 Å². The Bertz CT molecular complexity index is 246. The Morgan fingerprint density at radius 3 is 3.15 bits per heavy atom. The molecule has 1 aromatic heterocycles. The molecule has 5 heteroatoms. The van der Waals surface area contributed by atoms with E-state index in [2.05, 4.69) is 14.9 Å². The highest BCUT2D eigenvalue weighted by atomic mass is 32.1. The van der Waals surface area contributed by atoms with E-state index in [1.54, 1.807) is 5.38 Å². The summed E-state index contributed by atoms with van der Waals surface area (Å²) in [5.74, 6) is 0. The minimum Gasteiger partial charge on any atom is -0.385 e. The summed E-state index contributed by atoms with van der Waals surface area (Å²) in [4.78, 5) is 0. The second-order valence-corrected chi connectivity index (χ2v) is 3.94. The van der Waals surface area contributed by atoms with Crippen LogP contribution in [0.5, 0.6) is 0 Å². The zero-order valence-electron chi connectivity index (χ0n) is 7.31. The average Bonchev–Trinajstić information content (AvgIpc) is 2.71. The van der Waals surface area contributed by atoms with Gasteiger partial charge in [0.05, 0.1) is 0 Å². The summed E-state index contributed by atoms with van der Waals surface area (Å²) in [5, 5.41) is 18.8. The maximum absolute atomic E-state index is 9.88. The fraction of sp³-hybridized carbons (Fsp3) is 0.750. The number of hydrogen-bond donors (Lipinski definition) is 2. The summed E-state index contributed by atoms with van der Waals surface area (Å²) < 4.78 is 3.74. The van der Waals surface area contributed by atoms with E-state index in [-0.39, 0.29) is 6.04 Å². The summed E-state index contributed by atoms with van der Waals surface area (Å²) >= 11 is 1.28. The average molecular weight is 199 g/mol. The van der Waals surface area contributed by atoms with E-state index in [1.165, 1.54) is 24.4 Å². The molecule has 2 heterocycles. The quantitative estimate of drug-likeness (QED) is 0.736. The summed E-state index contributed by atoms with van der Waals surface area (Å²) in [6.07, 6.45) is 2.93. The van der Waals surface area contributed by atoms with Crippen LogP contribution in [0.4, 0.5) is 0 Å². The Hall–Kier alpha value is -0.520. The van der Waals surface area contributed by atoms with Crippen LogP contribution < -0.4 is 5.32 Å². The highest BCUT2D eigenvalue weighted by molar-refractivity contribution is 7.03. The summed E-state index contributed by atoms with van der Waals surface area (Å²) in [7, 11) is 0. The monoisotopic (exact) mass is 199 g/mol. The Morgan fingerprint density at radius 2 is 2.54 bits per heavy atom. The molecule has 0 aromatic carbocycles. The van der Waals surface area contributed by atoms with Gasteiger partial charge in [-0.2, -0.15) is 0 Å². The minimum atomic E-state index is -0.487. The van der Waals surface area contributed by atoms with Gasteiger partial charge in [-0.15, -0.1) is 5.10 Å². The summed E-state index contributed by atoms with van der Waals surface area (Å²) in [6, 6.07) is 0.164. The van der Waals surface area contributed by atoms with E-state index >= 15 is 0 Å². The van der Waals surface area contributed by atoms with Crippen molar-refractivity contribution >= 4 is 11.5 Å².